The molecule has 0 amide bonds. The van der Waals surface area contributed by atoms with Crippen LogP contribution in [0.5, 0.6) is 0 Å². The van der Waals surface area contributed by atoms with Gasteiger partial charge in [0.05, 0.1) is 6.54 Å². The quantitative estimate of drug-likeness (QED) is 0.636. The van der Waals surface area contributed by atoms with Gasteiger partial charge in [0.1, 0.15) is 11.5 Å². The van der Waals surface area contributed by atoms with Crippen LogP contribution < -0.4 is 5.32 Å². The number of likely N-dealkylation sites (tertiary alicyclic amines) is 1. The minimum absolute atomic E-state index is 0. The molecule has 3 nitrogen and oxygen atoms in total. The Morgan fingerprint density at radius 3 is 2.76 bits per heavy atom. The van der Waals surface area contributed by atoms with Crippen LogP contribution in [0.15, 0.2) is 39.2 Å². The van der Waals surface area contributed by atoms with Crippen molar-refractivity contribution in [3.63, 3.8) is 0 Å². The second-order valence-corrected chi connectivity index (χ2v) is 7.20. The van der Waals surface area contributed by atoms with Gasteiger partial charge in [0.2, 0.25) is 0 Å². The van der Waals surface area contributed by atoms with E-state index in [1.54, 1.807) is 0 Å². The lowest BCUT2D eigenvalue weighted by molar-refractivity contribution is 0.258. The molecule has 3 rings (SSSR count). The number of likely N-dealkylation sites (N-methyl/N-ethyl adjacent to an activating group) is 1. The third kappa shape index (κ3) is 5.73. The fourth-order valence-corrected chi connectivity index (χ4v) is 3.90. The number of nitrogens with zero attached hydrogens (tertiary/aromatic N) is 1. The van der Waals surface area contributed by atoms with Crippen LogP contribution in [-0.2, 0) is 6.54 Å². The Hall–Kier alpha value is -0.520. The van der Waals surface area contributed by atoms with E-state index in [4.69, 9.17) is 4.42 Å². The molecular formula is C19H27BrCl2N2O. The largest absolute Gasteiger partial charge is 0.460 e. The first kappa shape index (κ1) is 22.5. The van der Waals surface area contributed by atoms with Crippen LogP contribution in [0.2, 0.25) is 0 Å². The summed E-state index contributed by atoms with van der Waals surface area (Å²) in [5.74, 6) is 1.95. The summed E-state index contributed by atoms with van der Waals surface area (Å²) >= 11 is 3.51. The van der Waals surface area contributed by atoms with Gasteiger partial charge in [-0.15, -0.1) is 24.8 Å². The summed E-state index contributed by atoms with van der Waals surface area (Å²) in [6, 6.07) is 11.1. The second-order valence-electron chi connectivity index (χ2n) is 6.28. The lowest BCUT2D eigenvalue weighted by atomic mass is 10.1. The topological polar surface area (TPSA) is 28.4 Å². The molecule has 0 bridgehead atoms. The molecule has 25 heavy (non-hydrogen) atoms. The van der Waals surface area contributed by atoms with E-state index in [1.807, 2.05) is 0 Å². The molecule has 1 atom stereocenters. The highest BCUT2D eigenvalue weighted by atomic mass is 79.9. The van der Waals surface area contributed by atoms with Crippen molar-refractivity contribution in [1.82, 2.24) is 10.2 Å². The van der Waals surface area contributed by atoms with Crippen molar-refractivity contribution in [1.29, 1.82) is 0 Å². The average Bonchev–Trinajstić information content (AvgIpc) is 3.16. The molecule has 6 heteroatoms. The summed E-state index contributed by atoms with van der Waals surface area (Å²) in [6.45, 7) is 8.60. The van der Waals surface area contributed by atoms with Crippen LogP contribution in [0.1, 0.15) is 31.1 Å². The van der Waals surface area contributed by atoms with Crippen molar-refractivity contribution < 1.29 is 4.42 Å². The molecule has 1 aromatic heterocycles. The molecule has 1 unspecified atom stereocenters. The predicted octanol–water partition coefficient (Wildman–Crippen LogP) is 5.44. The molecule has 1 saturated heterocycles. The van der Waals surface area contributed by atoms with E-state index in [9.17, 15) is 0 Å². The van der Waals surface area contributed by atoms with Gasteiger partial charge in [-0.3, -0.25) is 4.90 Å². The van der Waals surface area contributed by atoms with Crippen LogP contribution in [0.3, 0.4) is 0 Å². The summed E-state index contributed by atoms with van der Waals surface area (Å²) in [7, 11) is 0. The smallest absolute Gasteiger partial charge is 0.134 e. The lowest BCUT2D eigenvalue weighted by Crippen LogP contribution is -2.37. The Labute approximate surface area is 171 Å². The number of rotatable bonds is 6. The highest BCUT2D eigenvalue weighted by molar-refractivity contribution is 9.10. The minimum Gasteiger partial charge on any atom is -0.460 e. The Morgan fingerprint density at radius 2 is 2.04 bits per heavy atom. The van der Waals surface area contributed by atoms with E-state index in [0.717, 1.165) is 41.2 Å². The van der Waals surface area contributed by atoms with Gasteiger partial charge in [-0.1, -0.05) is 22.9 Å². The third-order valence-electron chi connectivity index (χ3n) is 4.70. The van der Waals surface area contributed by atoms with Crippen LogP contribution in [0.25, 0.3) is 11.3 Å². The standard InChI is InChI=1S/C19H25BrN2O.2ClH/c1-3-22-10-4-5-16(22)12-21-13-17-7-9-19(23-17)18-8-6-15(20)11-14(18)2;;/h6-9,11,16,21H,3-5,10,12-13H2,1-2H3;2*1H. The maximum atomic E-state index is 6.02. The van der Waals surface area contributed by atoms with Crippen molar-refractivity contribution in [2.24, 2.45) is 0 Å². The number of benzene rings is 1. The van der Waals surface area contributed by atoms with E-state index in [-0.39, 0.29) is 24.8 Å². The first-order valence-corrected chi connectivity index (χ1v) is 9.26. The van der Waals surface area contributed by atoms with E-state index in [2.05, 4.69) is 70.3 Å². The molecule has 1 aromatic carbocycles. The first-order valence-electron chi connectivity index (χ1n) is 8.47. The summed E-state index contributed by atoms with van der Waals surface area (Å²) in [4.78, 5) is 2.56. The number of hydrogen-bond donors (Lipinski definition) is 1. The number of furan rings is 1. The fraction of sp³-hybridized carbons (Fsp3) is 0.474. The van der Waals surface area contributed by atoms with Gasteiger partial charge < -0.3 is 9.73 Å². The third-order valence-corrected chi connectivity index (χ3v) is 5.19. The van der Waals surface area contributed by atoms with Crippen molar-refractivity contribution in [3.8, 4) is 11.3 Å². The summed E-state index contributed by atoms with van der Waals surface area (Å²) in [5, 5.41) is 3.55. The zero-order valence-corrected chi connectivity index (χ0v) is 18.0. The molecule has 0 saturated carbocycles. The van der Waals surface area contributed by atoms with Gasteiger partial charge in [0.25, 0.3) is 0 Å². The van der Waals surface area contributed by atoms with Crippen molar-refractivity contribution in [2.75, 3.05) is 19.6 Å². The number of hydrogen-bond acceptors (Lipinski definition) is 3. The van der Waals surface area contributed by atoms with E-state index >= 15 is 0 Å². The maximum Gasteiger partial charge on any atom is 0.134 e. The van der Waals surface area contributed by atoms with Gasteiger partial charge in [0, 0.05) is 22.6 Å². The number of aryl methyl sites for hydroxylation is 1. The second kappa shape index (κ2) is 10.6. The molecule has 2 aromatic rings. The lowest BCUT2D eigenvalue weighted by Gasteiger charge is -2.22. The molecule has 0 spiro atoms. The molecule has 0 radical (unpaired) electrons. The van der Waals surface area contributed by atoms with Crippen LogP contribution in [0.4, 0.5) is 0 Å². The molecular weight excluding hydrogens is 423 g/mol. The maximum absolute atomic E-state index is 6.02. The van der Waals surface area contributed by atoms with E-state index in [0.29, 0.717) is 6.04 Å². The highest BCUT2D eigenvalue weighted by Gasteiger charge is 2.22. The van der Waals surface area contributed by atoms with Gasteiger partial charge in [0.15, 0.2) is 0 Å². The van der Waals surface area contributed by atoms with Gasteiger partial charge >= 0.3 is 0 Å². The predicted molar refractivity (Wildman–Crippen MR) is 113 cm³/mol. The summed E-state index contributed by atoms with van der Waals surface area (Å²) < 4.78 is 7.12. The summed E-state index contributed by atoms with van der Waals surface area (Å²) in [5.41, 5.74) is 2.38. The molecule has 1 aliphatic heterocycles. The number of nitrogens with one attached hydrogen (secondary N) is 1. The first-order chi connectivity index (χ1) is 11.2. The van der Waals surface area contributed by atoms with Crippen molar-refractivity contribution in [3.05, 3.63) is 46.1 Å². The van der Waals surface area contributed by atoms with Crippen molar-refractivity contribution in [2.45, 2.75) is 39.3 Å². The molecule has 2 heterocycles. The summed E-state index contributed by atoms with van der Waals surface area (Å²) in [6.07, 6.45) is 2.64. The van der Waals surface area contributed by atoms with Crippen LogP contribution in [-0.4, -0.2) is 30.6 Å². The SMILES string of the molecule is CCN1CCCC1CNCc1ccc(-c2ccc(Br)cc2C)o1.Cl.Cl. The van der Waals surface area contributed by atoms with Crippen LogP contribution in [0, 0.1) is 6.92 Å². The Kier molecular flexibility index (Phi) is 9.54. The van der Waals surface area contributed by atoms with E-state index in [1.165, 1.54) is 24.9 Å². The number of halogens is 3. The Bertz CT molecular complexity index is 663. The monoisotopic (exact) mass is 448 g/mol. The van der Waals surface area contributed by atoms with E-state index < -0.39 is 0 Å². The van der Waals surface area contributed by atoms with Gasteiger partial charge in [-0.25, -0.2) is 0 Å². The van der Waals surface area contributed by atoms with Gasteiger partial charge in [-0.2, -0.15) is 0 Å². The minimum atomic E-state index is 0. The normalized spacial score (nSPS) is 17.2. The fourth-order valence-electron chi connectivity index (χ4n) is 3.43. The Balaban J connectivity index is 0.00000156. The van der Waals surface area contributed by atoms with Crippen molar-refractivity contribution >= 4 is 40.7 Å². The zero-order chi connectivity index (χ0) is 16.2. The van der Waals surface area contributed by atoms with Crippen LogP contribution >= 0.6 is 40.7 Å². The Morgan fingerprint density at radius 1 is 1.24 bits per heavy atom. The highest BCUT2D eigenvalue weighted by Crippen LogP contribution is 2.27. The molecule has 140 valence electrons. The molecule has 1 fully saturated rings. The zero-order valence-electron chi connectivity index (χ0n) is 14.8. The van der Waals surface area contributed by atoms with Gasteiger partial charge in [-0.05, 0) is 68.8 Å². The molecule has 1 aliphatic rings. The molecule has 0 aliphatic carbocycles. The average molecular weight is 450 g/mol. The molecule has 1 N–H and O–H groups in total.